The highest BCUT2D eigenvalue weighted by molar-refractivity contribution is 5.83. The predicted molar refractivity (Wildman–Crippen MR) is 105 cm³/mol. The van der Waals surface area contributed by atoms with E-state index >= 15 is 0 Å². The third kappa shape index (κ3) is 4.56. The van der Waals surface area contributed by atoms with Crippen LogP contribution in [0.25, 0.3) is 11.3 Å². The summed E-state index contributed by atoms with van der Waals surface area (Å²) >= 11 is 0. The number of anilines is 1. The van der Waals surface area contributed by atoms with Gasteiger partial charge in [0.15, 0.2) is 0 Å². The highest BCUT2D eigenvalue weighted by atomic mass is 16.5. The number of hydrogen-bond acceptors (Lipinski definition) is 5. The summed E-state index contributed by atoms with van der Waals surface area (Å²) in [4.78, 5) is 22.6. The summed E-state index contributed by atoms with van der Waals surface area (Å²) in [7, 11) is 0. The molecule has 0 spiro atoms. The van der Waals surface area contributed by atoms with Crippen LogP contribution >= 0.6 is 0 Å². The van der Waals surface area contributed by atoms with Gasteiger partial charge in [0, 0.05) is 36.1 Å². The quantitative estimate of drug-likeness (QED) is 0.726. The molecule has 0 radical (unpaired) electrons. The number of carbonyl (C=O) groups is 1. The van der Waals surface area contributed by atoms with Gasteiger partial charge in [-0.25, -0.2) is 0 Å². The number of pyridine rings is 2. The van der Waals surface area contributed by atoms with Gasteiger partial charge in [-0.3, -0.25) is 14.8 Å². The van der Waals surface area contributed by atoms with Crippen LogP contribution < -0.4 is 9.64 Å². The normalized spacial score (nSPS) is 13.4. The first kappa shape index (κ1) is 19.1. The smallest absolute Gasteiger partial charge is 0.307 e. The molecular weight excluding hydrogens is 342 g/mol. The zero-order chi connectivity index (χ0) is 19.4. The van der Waals surface area contributed by atoms with Gasteiger partial charge >= 0.3 is 5.97 Å². The molecule has 0 aromatic carbocycles. The maximum Gasteiger partial charge on any atom is 0.307 e. The number of aliphatic carboxylic acids is 1. The standard InChI is InChI=1S/C21H27N3O3/c1-4-24(5-2)21-17(10-20(25)26)14(3)22-12-18(21)19-9-8-16(11-23-19)27-13-15-6-7-15/h8-9,11-12,15H,4-7,10,13H2,1-3H3,(H,25,26). The molecule has 0 amide bonds. The van der Waals surface area contributed by atoms with Crippen molar-refractivity contribution < 1.29 is 14.6 Å². The molecule has 6 heteroatoms. The van der Waals surface area contributed by atoms with Crippen molar-refractivity contribution in [3.05, 3.63) is 35.8 Å². The van der Waals surface area contributed by atoms with E-state index in [2.05, 4.69) is 28.7 Å². The van der Waals surface area contributed by atoms with Gasteiger partial charge in [-0.05, 0) is 51.7 Å². The molecule has 3 rings (SSSR count). The van der Waals surface area contributed by atoms with Gasteiger partial charge in [-0.2, -0.15) is 0 Å². The molecule has 2 aromatic rings. The fraction of sp³-hybridized carbons (Fsp3) is 0.476. The largest absolute Gasteiger partial charge is 0.492 e. The van der Waals surface area contributed by atoms with E-state index in [4.69, 9.17) is 4.74 Å². The van der Waals surface area contributed by atoms with E-state index in [9.17, 15) is 9.90 Å². The van der Waals surface area contributed by atoms with Gasteiger partial charge < -0.3 is 14.7 Å². The van der Waals surface area contributed by atoms with Crippen molar-refractivity contribution in [2.24, 2.45) is 5.92 Å². The van der Waals surface area contributed by atoms with E-state index in [1.54, 1.807) is 12.4 Å². The maximum absolute atomic E-state index is 11.4. The summed E-state index contributed by atoms with van der Waals surface area (Å²) in [6, 6.07) is 3.85. The fourth-order valence-electron chi connectivity index (χ4n) is 3.21. The number of ether oxygens (including phenoxy) is 1. The van der Waals surface area contributed by atoms with Crippen LogP contribution in [0.2, 0.25) is 0 Å². The molecule has 0 aliphatic heterocycles. The molecule has 27 heavy (non-hydrogen) atoms. The van der Waals surface area contributed by atoms with Crippen LogP contribution in [0.5, 0.6) is 5.75 Å². The van der Waals surface area contributed by atoms with Crippen LogP contribution in [0.15, 0.2) is 24.5 Å². The first-order chi connectivity index (χ1) is 13.0. The Labute approximate surface area is 160 Å². The van der Waals surface area contributed by atoms with Gasteiger partial charge in [0.05, 0.1) is 30.6 Å². The van der Waals surface area contributed by atoms with Crippen LogP contribution in [0.3, 0.4) is 0 Å². The average Bonchev–Trinajstić information content (AvgIpc) is 3.48. The zero-order valence-electron chi connectivity index (χ0n) is 16.2. The van der Waals surface area contributed by atoms with E-state index in [1.165, 1.54) is 12.8 Å². The Morgan fingerprint density at radius 2 is 1.96 bits per heavy atom. The summed E-state index contributed by atoms with van der Waals surface area (Å²) in [6.07, 6.45) is 5.98. The van der Waals surface area contributed by atoms with Gasteiger partial charge in [0.1, 0.15) is 5.75 Å². The Kier molecular flexibility index (Phi) is 5.94. The van der Waals surface area contributed by atoms with Crippen molar-refractivity contribution in [3.8, 4) is 17.0 Å². The van der Waals surface area contributed by atoms with E-state index in [1.807, 2.05) is 19.1 Å². The minimum atomic E-state index is -0.859. The molecular formula is C21H27N3O3. The van der Waals surface area contributed by atoms with Crippen LogP contribution in [0.1, 0.15) is 37.9 Å². The van der Waals surface area contributed by atoms with Crippen molar-refractivity contribution in [1.29, 1.82) is 0 Å². The number of aromatic nitrogens is 2. The summed E-state index contributed by atoms with van der Waals surface area (Å²) in [5.41, 5.74) is 4.03. The number of nitrogens with zero attached hydrogens (tertiary/aromatic N) is 3. The molecule has 2 aromatic heterocycles. The third-order valence-electron chi connectivity index (χ3n) is 4.97. The molecule has 0 atom stereocenters. The SMILES string of the molecule is CCN(CC)c1c(-c2ccc(OCC3CC3)cn2)cnc(C)c1CC(=O)O. The summed E-state index contributed by atoms with van der Waals surface area (Å²) in [5.74, 6) is 0.599. The molecule has 1 N–H and O–H groups in total. The average molecular weight is 369 g/mol. The second kappa shape index (κ2) is 8.37. The van der Waals surface area contributed by atoms with Gasteiger partial charge in [0.2, 0.25) is 0 Å². The lowest BCUT2D eigenvalue weighted by Crippen LogP contribution is -2.25. The highest BCUT2D eigenvalue weighted by Gasteiger charge is 2.23. The molecule has 144 valence electrons. The van der Waals surface area contributed by atoms with E-state index < -0.39 is 5.97 Å². The van der Waals surface area contributed by atoms with Gasteiger partial charge in [0.25, 0.3) is 0 Å². The third-order valence-corrected chi connectivity index (χ3v) is 4.97. The topological polar surface area (TPSA) is 75.5 Å². The lowest BCUT2D eigenvalue weighted by Gasteiger charge is -2.27. The monoisotopic (exact) mass is 369 g/mol. The lowest BCUT2D eigenvalue weighted by molar-refractivity contribution is -0.136. The van der Waals surface area contributed by atoms with Crippen molar-refractivity contribution in [1.82, 2.24) is 9.97 Å². The number of carboxylic acid groups (broad SMARTS) is 1. The maximum atomic E-state index is 11.4. The zero-order valence-corrected chi connectivity index (χ0v) is 16.2. The molecule has 6 nitrogen and oxygen atoms in total. The van der Waals surface area contributed by atoms with Gasteiger partial charge in [-0.15, -0.1) is 0 Å². The molecule has 0 saturated heterocycles. The van der Waals surface area contributed by atoms with Crippen molar-refractivity contribution in [2.75, 3.05) is 24.6 Å². The molecule has 0 unspecified atom stereocenters. The molecule has 1 fully saturated rings. The minimum Gasteiger partial charge on any atom is -0.492 e. The lowest BCUT2D eigenvalue weighted by atomic mass is 10.0. The Bertz CT molecular complexity index is 797. The van der Waals surface area contributed by atoms with Crippen LogP contribution in [0, 0.1) is 12.8 Å². The second-order valence-corrected chi connectivity index (χ2v) is 6.96. The first-order valence-corrected chi connectivity index (χ1v) is 9.57. The Morgan fingerprint density at radius 3 is 2.52 bits per heavy atom. The highest BCUT2D eigenvalue weighted by Crippen LogP contribution is 2.35. The Morgan fingerprint density at radius 1 is 1.22 bits per heavy atom. The minimum absolute atomic E-state index is 0.0545. The summed E-state index contributed by atoms with van der Waals surface area (Å²) in [6.45, 7) is 8.30. The van der Waals surface area contributed by atoms with Crippen LogP contribution in [-0.4, -0.2) is 40.7 Å². The van der Waals surface area contributed by atoms with E-state index in [0.29, 0.717) is 5.92 Å². The van der Waals surface area contributed by atoms with E-state index in [-0.39, 0.29) is 6.42 Å². The van der Waals surface area contributed by atoms with Gasteiger partial charge in [-0.1, -0.05) is 0 Å². The molecule has 0 bridgehead atoms. The van der Waals surface area contributed by atoms with Crippen LogP contribution in [0.4, 0.5) is 5.69 Å². The Hall–Kier alpha value is -2.63. The number of rotatable bonds is 9. The molecule has 2 heterocycles. The number of hydrogen-bond donors (Lipinski definition) is 1. The second-order valence-electron chi connectivity index (χ2n) is 6.96. The molecule has 1 aliphatic carbocycles. The fourth-order valence-corrected chi connectivity index (χ4v) is 3.21. The number of carboxylic acids is 1. The van der Waals surface area contributed by atoms with Crippen LogP contribution in [-0.2, 0) is 11.2 Å². The first-order valence-electron chi connectivity index (χ1n) is 9.57. The number of aryl methyl sites for hydroxylation is 1. The Balaban J connectivity index is 1.98. The van der Waals surface area contributed by atoms with Crippen molar-refractivity contribution in [3.63, 3.8) is 0 Å². The van der Waals surface area contributed by atoms with Crippen molar-refractivity contribution in [2.45, 2.75) is 40.0 Å². The van der Waals surface area contributed by atoms with Crippen molar-refractivity contribution >= 4 is 11.7 Å². The summed E-state index contributed by atoms with van der Waals surface area (Å²) < 4.78 is 5.77. The van der Waals surface area contributed by atoms with E-state index in [0.717, 1.165) is 53.6 Å². The predicted octanol–water partition coefficient (Wildman–Crippen LogP) is 3.71. The molecule has 1 aliphatic rings. The molecule has 1 saturated carbocycles. The summed E-state index contributed by atoms with van der Waals surface area (Å²) in [5, 5.41) is 9.37.